The highest BCUT2D eigenvalue weighted by Crippen LogP contribution is 2.11. The molecule has 0 aromatic carbocycles. The summed E-state index contributed by atoms with van der Waals surface area (Å²) in [4.78, 5) is 6.46. The van der Waals surface area contributed by atoms with E-state index in [1.165, 1.54) is 0 Å². The highest BCUT2D eigenvalue weighted by Gasteiger charge is 2.19. The fourth-order valence-electron chi connectivity index (χ4n) is 1.51. The van der Waals surface area contributed by atoms with E-state index in [-0.39, 0.29) is 0 Å². The first-order valence-electron chi connectivity index (χ1n) is 6.06. The molecule has 0 saturated carbocycles. The zero-order chi connectivity index (χ0) is 12.8. The van der Waals surface area contributed by atoms with Crippen molar-refractivity contribution in [2.75, 3.05) is 19.6 Å². The normalized spacial score (nSPS) is 15.2. The van der Waals surface area contributed by atoms with Gasteiger partial charge in [-0.1, -0.05) is 19.0 Å². The summed E-state index contributed by atoms with van der Waals surface area (Å²) in [7, 11) is 0. The zero-order valence-corrected chi connectivity index (χ0v) is 10.8. The fourth-order valence-corrected chi connectivity index (χ4v) is 1.51. The van der Waals surface area contributed by atoms with Gasteiger partial charge in [0.15, 0.2) is 5.82 Å². The SMILES string of the molecule is CCN(CC)CCc1noc([C@@H](N)[C@@H](C)O)n1. The molecular formula is C11H22N4O2. The minimum absolute atomic E-state index is 0.301. The molecule has 3 N–H and O–H groups in total. The second kappa shape index (κ2) is 6.68. The van der Waals surface area contributed by atoms with Crippen molar-refractivity contribution in [1.82, 2.24) is 15.0 Å². The summed E-state index contributed by atoms with van der Waals surface area (Å²) in [5.41, 5.74) is 5.70. The molecule has 0 aliphatic heterocycles. The lowest BCUT2D eigenvalue weighted by Crippen LogP contribution is -2.26. The number of aliphatic hydroxyl groups is 1. The molecule has 1 heterocycles. The smallest absolute Gasteiger partial charge is 0.246 e. The lowest BCUT2D eigenvalue weighted by atomic mass is 10.2. The van der Waals surface area contributed by atoms with E-state index in [4.69, 9.17) is 10.3 Å². The Morgan fingerprint density at radius 3 is 2.59 bits per heavy atom. The van der Waals surface area contributed by atoms with Gasteiger partial charge >= 0.3 is 0 Å². The van der Waals surface area contributed by atoms with Crippen LogP contribution in [0.1, 0.15) is 38.5 Å². The number of hydrogen-bond acceptors (Lipinski definition) is 6. The molecule has 0 amide bonds. The van der Waals surface area contributed by atoms with E-state index in [2.05, 4.69) is 28.9 Å². The number of nitrogens with two attached hydrogens (primary N) is 1. The van der Waals surface area contributed by atoms with Crippen molar-refractivity contribution in [3.05, 3.63) is 11.7 Å². The Labute approximate surface area is 102 Å². The summed E-state index contributed by atoms with van der Waals surface area (Å²) in [6, 6.07) is -0.607. The van der Waals surface area contributed by atoms with E-state index in [1.807, 2.05) is 0 Å². The summed E-state index contributed by atoms with van der Waals surface area (Å²) in [5, 5.41) is 13.2. The minimum Gasteiger partial charge on any atom is -0.391 e. The van der Waals surface area contributed by atoms with Gasteiger partial charge in [-0.15, -0.1) is 0 Å². The van der Waals surface area contributed by atoms with Crippen LogP contribution in [0.25, 0.3) is 0 Å². The van der Waals surface area contributed by atoms with Gasteiger partial charge in [-0.05, 0) is 20.0 Å². The van der Waals surface area contributed by atoms with E-state index >= 15 is 0 Å². The first-order valence-corrected chi connectivity index (χ1v) is 6.06. The number of likely N-dealkylation sites (N-methyl/N-ethyl adjacent to an activating group) is 1. The predicted octanol–water partition coefficient (Wildman–Crippen LogP) is 0.335. The molecule has 0 spiro atoms. The van der Waals surface area contributed by atoms with Gasteiger partial charge in [0.25, 0.3) is 0 Å². The summed E-state index contributed by atoms with van der Waals surface area (Å²) < 4.78 is 5.02. The maximum atomic E-state index is 9.32. The van der Waals surface area contributed by atoms with E-state index in [0.717, 1.165) is 26.1 Å². The van der Waals surface area contributed by atoms with Crippen molar-refractivity contribution in [1.29, 1.82) is 0 Å². The zero-order valence-electron chi connectivity index (χ0n) is 10.8. The Balaban J connectivity index is 2.51. The molecule has 0 bridgehead atoms. The molecule has 98 valence electrons. The van der Waals surface area contributed by atoms with Crippen LogP contribution in [0.2, 0.25) is 0 Å². The van der Waals surface area contributed by atoms with Crippen molar-refractivity contribution in [3.63, 3.8) is 0 Å². The lowest BCUT2D eigenvalue weighted by molar-refractivity contribution is 0.146. The minimum atomic E-state index is -0.689. The van der Waals surface area contributed by atoms with Gasteiger partial charge < -0.3 is 20.3 Å². The van der Waals surface area contributed by atoms with Crippen LogP contribution in [-0.2, 0) is 6.42 Å². The Kier molecular flexibility index (Phi) is 5.54. The van der Waals surface area contributed by atoms with Gasteiger partial charge in [0, 0.05) is 13.0 Å². The summed E-state index contributed by atoms with van der Waals surface area (Å²) >= 11 is 0. The van der Waals surface area contributed by atoms with E-state index in [9.17, 15) is 5.11 Å². The third-order valence-electron chi connectivity index (χ3n) is 2.83. The molecule has 0 unspecified atom stereocenters. The van der Waals surface area contributed by atoms with Gasteiger partial charge in [-0.2, -0.15) is 4.98 Å². The monoisotopic (exact) mass is 242 g/mol. The Bertz CT molecular complexity index is 323. The quantitative estimate of drug-likeness (QED) is 0.716. The molecule has 6 nitrogen and oxygen atoms in total. The number of aromatic nitrogens is 2. The summed E-state index contributed by atoms with van der Waals surface area (Å²) in [6.07, 6.45) is 0.0450. The number of hydrogen-bond donors (Lipinski definition) is 2. The van der Waals surface area contributed by atoms with Gasteiger partial charge in [0.1, 0.15) is 6.04 Å². The molecule has 0 radical (unpaired) electrons. The average molecular weight is 242 g/mol. The molecule has 2 atom stereocenters. The van der Waals surface area contributed by atoms with Crippen LogP contribution in [0.5, 0.6) is 0 Å². The van der Waals surface area contributed by atoms with Crippen molar-refractivity contribution < 1.29 is 9.63 Å². The van der Waals surface area contributed by atoms with Gasteiger partial charge in [0.2, 0.25) is 5.89 Å². The van der Waals surface area contributed by atoms with Crippen LogP contribution in [0.15, 0.2) is 4.52 Å². The number of aliphatic hydroxyl groups excluding tert-OH is 1. The topological polar surface area (TPSA) is 88.4 Å². The Morgan fingerprint density at radius 2 is 2.06 bits per heavy atom. The Morgan fingerprint density at radius 1 is 1.41 bits per heavy atom. The largest absolute Gasteiger partial charge is 0.391 e. The van der Waals surface area contributed by atoms with Crippen LogP contribution >= 0.6 is 0 Å². The van der Waals surface area contributed by atoms with E-state index < -0.39 is 12.1 Å². The number of rotatable bonds is 7. The average Bonchev–Trinajstić information content (AvgIpc) is 2.78. The molecule has 0 saturated heterocycles. The molecule has 1 aromatic heterocycles. The predicted molar refractivity (Wildman–Crippen MR) is 64.4 cm³/mol. The first kappa shape index (κ1) is 14.1. The van der Waals surface area contributed by atoms with Crippen molar-refractivity contribution in [2.45, 2.75) is 39.3 Å². The second-order valence-electron chi connectivity index (χ2n) is 4.09. The first-order chi connectivity index (χ1) is 8.08. The van der Waals surface area contributed by atoms with Crippen LogP contribution in [0.4, 0.5) is 0 Å². The van der Waals surface area contributed by atoms with Crippen LogP contribution in [0, 0.1) is 0 Å². The molecular weight excluding hydrogens is 220 g/mol. The Hall–Kier alpha value is -0.980. The van der Waals surface area contributed by atoms with Crippen LogP contribution in [0.3, 0.4) is 0 Å². The molecule has 1 aromatic rings. The van der Waals surface area contributed by atoms with Crippen molar-refractivity contribution >= 4 is 0 Å². The molecule has 6 heteroatoms. The molecule has 0 aliphatic rings. The van der Waals surface area contributed by atoms with Crippen LogP contribution in [-0.4, -0.2) is 45.9 Å². The standard InChI is InChI=1S/C11H22N4O2/c1-4-15(5-2)7-6-9-13-11(17-14-9)10(12)8(3)16/h8,10,16H,4-7,12H2,1-3H3/t8-,10+/m1/s1. The van der Waals surface area contributed by atoms with Crippen LogP contribution < -0.4 is 5.73 Å². The van der Waals surface area contributed by atoms with Gasteiger partial charge in [-0.3, -0.25) is 0 Å². The third kappa shape index (κ3) is 4.07. The summed E-state index contributed by atoms with van der Waals surface area (Å²) in [6.45, 7) is 8.76. The van der Waals surface area contributed by atoms with E-state index in [1.54, 1.807) is 6.92 Å². The number of nitrogens with zero attached hydrogens (tertiary/aromatic N) is 3. The highest BCUT2D eigenvalue weighted by atomic mass is 16.5. The lowest BCUT2D eigenvalue weighted by Gasteiger charge is -2.16. The van der Waals surface area contributed by atoms with Gasteiger partial charge in [-0.25, -0.2) is 0 Å². The second-order valence-corrected chi connectivity index (χ2v) is 4.09. The maximum Gasteiger partial charge on any atom is 0.246 e. The third-order valence-corrected chi connectivity index (χ3v) is 2.83. The molecule has 0 fully saturated rings. The van der Waals surface area contributed by atoms with Crippen molar-refractivity contribution in [2.24, 2.45) is 5.73 Å². The molecule has 0 aliphatic carbocycles. The maximum absolute atomic E-state index is 9.32. The molecule has 17 heavy (non-hydrogen) atoms. The highest BCUT2D eigenvalue weighted by molar-refractivity contribution is 4.94. The summed E-state index contributed by atoms with van der Waals surface area (Å²) in [5.74, 6) is 0.942. The fraction of sp³-hybridized carbons (Fsp3) is 0.818. The van der Waals surface area contributed by atoms with E-state index in [0.29, 0.717) is 11.7 Å². The molecule has 1 rings (SSSR count). The van der Waals surface area contributed by atoms with Crippen molar-refractivity contribution in [3.8, 4) is 0 Å². The van der Waals surface area contributed by atoms with Gasteiger partial charge in [0.05, 0.1) is 6.10 Å².